The molecule has 92 valence electrons. The molecule has 3 aromatic rings. The number of aromatic hydroxyl groups is 2. The van der Waals surface area contributed by atoms with Gasteiger partial charge in [-0.1, -0.05) is 0 Å². The highest BCUT2D eigenvalue weighted by Gasteiger charge is 2.12. The maximum Gasteiger partial charge on any atom is 0.172 e. The van der Waals surface area contributed by atoms with E-state index in [1.807, 2.05) is 6.07 Å². The number of nitrogens with zero attached hydrogens (tertiary/aromatic N) is 4. The topological polar surface area (TPSA) is 94.4 Å². The molecule has 0 amide bonds. The van der Waals surface area contributed by atoms with Crippen LogP contribution >= 0.6 is 0 Å². The molecule has 0 unspecified atom stereocenters. The number of fused-ring (bicyclic) bond motifs is 1. The van der Waals surface area contributed by atoms with Crippen molar-refractivity contribution in [3.8, 4) is 29.0 Å². The highest BCUT2D eigenvalue weighted by Crippen LogP contribution is 2.31. The van der Waals surface area contributed by atoms with E-state index in [4.69, 9.17) is 5.26 Å². The lowest BCUT2D eigenvalue weighted by Gasteiger charge is -2.03. The van der Waals surface area contributed by atoms with Crippen LogP contribution in [0.25, 0.3) is 17.0 Å². The van der Waals surface area contributed by atoms with Gasteiger partial charge in [0.25, 0.3) is 0 Å². The molecule has 0 aliphatic heterocycles. The van der Waals surface area contributed by atoms with Gasteiger partial charge in [-0.3, -0.25) is 4.40 Å². The second kappa shape index (κ2) is 3.99. The highest BCUT2D eigenvalue weighted by molar-refractivity contribution is 5.67. The van der Waals surface area contributed by atoms with E-state index in [-0.39, 0.29) is 11.5 Å². The van der Waals surface area contributed by atoms with E-state index in [1.54, 1.807) is 28.8 Å². The zero-order valence-corrected chi connectivity index (χ0v) is 9.65. The molecule has 3 rings (SSSR count). The van der Waals surface area contributed by atoms with Gasteiger partial charge in [0.15, 0.2) is 11.5 Å². The maximum absolute atomic E-state index is 9.83. The summed E-state index contributed by atoms with van der Waals surface area (Å²) >= 11 is 0. The van der Waals surface area contributed by atoms with Gasteiger partial charge in [-0.05, 0) is 18.2 Å². The normalized spacial score (nSPS) is 10.5. The van der Waals surface area contributed by atoms with Gasteiger partial charge in [0.05, 0.1) is 17.2 Å². The molecule has 0 fully saturated rings. The largest absolute Gasteiger partial charge is 0.508 e. The zero-order valence-electron chi connectivity index (χ0n) is 9.65. The summed E-state index contributed by atoms with van der Waals surface area (Å²) in [4.78, 5) is 0. The first-order valence-corrected chi connectivity index (χ1v) is 5.46. The number of nitriles is 1. The summed E-state index contributed by atoms with van der Waals surface area (Å²) in [7, 11) is 0. The minimum Gasteiger partial charge on any atom is -0.508 e. The van der Waals surface area contributed by atoms with Crippen LogP contribution < -0.4 is 0 Å². The summed E-state index contributed by atoms with van der Waals surface area (Å²) in [5.41, 5.74) is 1.46. The Bertz CT molecular complexity index is 817. The molecule has 6 heteroatoms. The van der Waals surface area contributed by atoms with Crippen LogP contribution in [0.1, 0.15) is 5.56 Å². The zero-order chi connectivity index (χ0) is 13.4. The summed E-state index contributed by atoms with van der Waals surface area (Å²) < 4.78 is 1.66. The molecule has 0 saturated heterocycles. The Kier molecular flexibility index (Phi) is 2.32. The Balaban J connectivity index is 2.23. The summed E-state index contributed by atoms with van der Waals surface area (Å²) in [5, 5.41) is 35.9. The van der Waals surface area contributed by atoms with Gasteiger partial charge in [-0.15, -0.1) is 10.2 Å². The number of rotatable bonds is 1. The molecule has 2 aromatic heterocycles. The molecule has 2 heterocycles. The predicted octanol–water partition coefficient (Wildman–Crippen LogP) is 1.68. The summed E-state index contributed by atoms with van der Waals surface area (Å²) in [6.45, 7) is 0. The van der Waals surface area contributed by atoms with Crippen molar-refractivity contribution < 1.29 is 10.2 Å². The number of aromatic nitrogens is 3. The number of hydrogen-bond donors (Lipinski definition) is 2. The molecule has 0 aliphatic carbocycles. The van der Waals surface area contributed by atoms with Crippen molar-refractivity contribution in [1.82, 2.24) is 14.6 Å². The third-order valence-electron chi connectivity index (χ3n) is 2.76. The molecule has 19 heavy (non-hydrogen) atoms. The minimum absolute atomic E-state index is 0.0261. The lowest BCUT2D eigenvalue weighted by atomic mass is 10.2. The SMILES string of the molecule is N#Cc1ccn2c(-c3ccc(O)cc3O)nnc2c1. The average Bonchev–Trinajstić information content (AvgIpc) is 2.81. The van der Waals surface area contributed by atoms with Gasteiger partial charge >= 0.3 is 0 Å². The van der Waals surface area contributed by atoms with Crippen LogP contribution in [0, 0.1) is 11.3 Å². The third-order valence-corrected chi connectivity index (χ3v) is 2.76. The van der Waals surface area contributed by atoms with Crippen molar-refractivity contribution in [3.05, 3.63) is 42.1 Å². The molecule has 0 spiro atoms. The van der Waals surface area contributed by atoms with Crippen LogP contribution in [-0.4, -0.2) is 24.8 Å². The Hall–Kier alpha value is -3.07. The van der Waals surface area contributed by atoms with Crippen molar-refractivity contribution in [2.75, 3.05) is 0 Å². The van der Waals surface area contributed by atoms with Gasteiger partial charge in [-0.2, -0.15) is 5.26 Å². The van der Waals surface area contributed by atoms with E-state index >= 15 is 0 Å². The van der Waals surface area contributed by atoms with Crippen LogP contribution in [0.5, 0.6) is 11.5 Å². The summed E-state index contributed by atoms with van der Waals surface area (Å²) in [6.07, 6.45) is 1.66. The van der Waals surface area contributed by atoms with Crippen molar-refractivity contribution in [2.45, 2.75) is 0 Å². The second-order valence-electron chi connectivity index (χ2n) is 3.98. The van der Waals surface area contributed by atoms with E-state index in [0.717, 1.165) is 0 Å². The van der Waals surface area contributed by atoms with Crippen LogP contribution in [0.4, 0.5) is 0 Å². The van der Waals surface area contributed by atoms with E-state index < -0.39 is 0 Å². The lowest BCUT2D eigenvalue weighted by Crippen LogP contribution is -1.90. The molecule has 0 radical (unpaired) electrons. The minimum atomic E-state index is -0.0846. The summed E-state index contributed by atoms with van der Waals surface area (Å²) in [6, 6.07) is 9.51. The van der Waals surface area contributed by atoms with Crippen LogP contribution in [0.2, 0.25) is 0 Å². The molecule has 6 nitrogen and oxygen atoms in total. The maximum atomic E-state index is 9.83. The van der Waals surface area contributed by atoms with E-state index in [2.05, 4.69) is 10.2 Å². The average molecular weight is 252 g/mol. The number of pyridine rings is 1. The fraction of sp³-hybridized carbons (Fsp3) is 0. The molecule has 0 bridgehead atoms. The fourth-order valence-electron chi connectivity index (χ4n) is 1.85. The van der Waals surface area contributed by atoms with Crippen molar-refractivity contribution >= 4 is 5.65 Å². The summed E-state index contributed by atoms with van der Waals surface area (Å²) in [5.74, 6) is 0.331. The molecule has 1 aromatic carbocycles. The first-order valence-electron chi connectivity index (χ1n) is 5.46. The molecule has 2 N–H and O–H groups in total. The third kappa shape index (κ3) is 1.73. The first kappa shape index (κ1) is 11.0. The van der Waals surface area contributed by atoms with Crippen LogP contribution in [-0.2, 0) is 0 Å². The molecule has 0 saturated carbocycles. The quantitative estimate of drug-likeness (QED) is 0.687. The second-order valence-corrected chi connectivity index (χ2v) is 3.98. The van der Waals surface area contributed by atoms with Crippen LogP contribution in [0.3, 0.4) is 0 Å². The Morgan fingerprint density at radius 3 is 2.68 bits per heavy atom. The molecular weight excluding hydrogens is 244 g/mol. The van der Waals surface area contributed by atoms with Gasteiger partial charge in [0, 0.05) is 18.3 Å². The van der Waals surface area contributed by atoms with Gasteiger partial charge < -0.3 is 10.2 Å². The van der Waals surface area contributed by atoms with Crippen molar-refractivity contribution in [1.29, 1.82) is 5.26 Å². The standard InChI is InChI=1S/C13H8N4O2/c14-7-8-3-4-17-12(5-8)15-16-13(17)10-2-1-9(18)6-11(10)19/h1-6,18-19H. The lowest BCUT2D eigenvalue weighted by molar-refractivity contribution is 0.451. The Labute approximate surface area is 107 Å². The highest BCUT2D eigenvalue weighted by atomic mass is 16.3. The number of phenols is 2. The van der Waals surface area contributed by atoms with E-state index in [1.165, 1.54) is 12.1 Å². The number of hydrogen-bond acceptors (Lipinski definition) is 5. The van der Waals surface area contributed by atoms with Gasteiger partial charge in [0.1, 0.15) is 11.5 Å². The molecule has 0 atom stereocenters. The monoisotopic (exact) mass is 252 g/mol. The first-order chi connectivity index (χ1) is 9.19. The van der Waals surface area contributed by atoms with Crippen molar-refractivity contribution in [2.24, 2.45) is 0 Å². The van der Waals surface area contributed by atoms with E-state index in [9.17, 15) is 10.2 Å². The smallest absolute Gasteiger partial charge is 0.172 e. The molecule has 0 aliphatic rings. The number of phenolic OH excluding ortho intramolecular Hbond substituents is 2. The van der Waals surface area contributed by atoms with Crippen molar-refractivity contribution in [3.63, 3.8) is 0 Å². The van der Waals surface area contributed by atoms with E-state index in [0.29, 0.717) is 22.6 Å². The van der Waals surface area contributed by atoms with Crippen LogP contribution in [0.15, 0.2) is 36.5 Å². The Morgan fingerprint density at radius 1 is 1.11 bits per heavy atom. The van der Waals surface area contributed by atoms with Gasteiger partial charge in [-0.25, -0.2) is 0 Å². The Morgan fingerprint density at radius 2 is 1.95 bits per heavy atom. The number of benzene rings is 1. The predicted molar refractivity (Wildman–Crippen MR) is 66.5 cm³/mol. The van der Waals surface area contributed by atoms with Gasteiger partial charge in [0.2, 0.25) is 0 Å². The fourth-order valence-corrected chi connectivity index (χ4v) is 1.85. The molecular formula is C13H8N4O2.